The molecule has 0 heterocycles. The number of ether oxygens (including phenoxy) is 1. The molecule has 20 heavy (non-hydrogen) atoms. The third kappa shape index (κ3) is 4.30. The summed E-state index contributed by atoms with van der Waals surface area (Å²) in [7, 11) is 0. The largest absolute Gasteiger partial charge is 0.462 e. The van der Waals surface area contributed by atoms with Crippen LogP contribution >= 0.6 is 0 Å². The van der Waals surface area contributed by atoms with Gasteiger partial charge in [0.15, 0.2) is 0 Å². The summed E-state index contributed by atoms with van der Waals surface area (Å²) in [4.78, 5) is 22.1. The molecule has 0 aromatic heterocycles. The summed E-state index contributed by atoms with van der Waals surface area (Å²) in [6, 6.07) is 1.64. The summed E-state index contributed by atoms with van der Waals surface area (Å²) in [6.07, 6.45) is 0. The second-order valence-corrected chi connectivity index (χ2v) is 3.86. The van der Waals surface area contributed by atoms with Gasteiger partial charge in [0.25, 0.3) is 0 Å². The first-order valence-corrected chi connectivity index (χ1v) is 5.99. The molecule has 0 fully saturated rings. The Hall–Kier alpha value is -2.51. The lowest BCUT2D eigenvalue weighted by molar-refractivity contribution is 0.0527. The minimum absolute atomic E-state index is 0.00163. The predicted molar refractivity (Wildman–Crippen MR) is 72.8 cm³/mol. The molecule has 0 unspecified atom stereocenters. The van der Waals surface area contributed by atoms with Crippen LogP contribution in [0.1, 0.15) is 17.3 Å². The van der Waals surface area contributed by atoms with Crippen LogP contribution in [-0.4, -0.2) is 31.7 Å². The van der Waals surface area contributed by atoms with Gasteiger partial charge in [-0.3, -0.25) is 0 Å². The number of hydrogen-bond donors (Lipinski definition) is 4. The molecule has 0 atom stereocenters. The van der Waals surface area contributed by atoms with E-state index >= 15 is 0 Å². The van der Waals surface area contributed by atoms with E-state index in [4.69, 9.17) is 16.2 Å². The predicted octanol–water partition coefficient (Wildman–Crippen LogP) is 0.665. The Morgan fingerprint density at radius 2 is 2.05 bits per heavy atom. The average molecular weight is 284 g/mol. The number of primary amides is 1. The third-order valence-corrected chi connectivity index (χ3v) is 2.37. The van der Waals surface area contributed by atoms with Crippen LogP contribution in [0.5, 0.6) is 0 Å². The number of esters is 1. The average Bonchev–Trinajstić information content (AvgIpc) is 2.36. The van der Waals surface area contributed by atoms with E-state index in [1.807, 2.05) is 0 Å². The molecule has 0 aliphatic rings. The van der Waals surface area contributed by atoms with Crippen LogP contribution in [0.15, 0.2) is 12.1 Å². The first-order chi connectivity index (χ1) is 9.45. The van der Waals surface area contributed by atoms with Crippen LogP contribution in [0.25, 0.3) is 0 Å². The van der Waals surface area contributed by atoms with Gasteiger partial charge in [0.2, 0.25) is 0 Å². The highest BCUT2D eigenvalue weighted by Gasteiger charge is 2.15. The molecule has 0 saturated carbocycles. The molecular weight excluding hydrogens is 267 g/mol. The van der Waals surface area contributed by atoms with Gasteiger partial charge < -0.3 is 26.8 Å². The third-order valence-electron chi connectivity index (χ3n) is 2.37. The number of halogens is 1. The maximum Gasteiger partial charge on any atom is 0.340 e. The maximum absolute atomic E-state index is 13.7. The lowest BCUT2D eigenvalue weighted by Crippen LogP contribution is -2.33. The normalized spacial score (nSPS) is 9.90. The second-order valence-electron chi connectivity index (χ2n) is 3.86. The molecular formula is C12H17FN4O3. The van der Waals surface area contributed by atoms with Crippen LogP contribution in [0.3, 0.4) is 0 Å². The van der Waals surface area contributed by atoms with Gasteiger partial charge in [-0.15, -0.1) is 0 Å². The van der Waals surface area contributed by atoms with E-state index in [-0.39, 0.29) is 36.6 Å². The molecule has 0 saturated heterocycles. The first-order valence-electron chi connectivity index (χ1n) is 5.99. The van der Waals surface area contributed by atoms with E-state index in [9.17, 15) is 14.0 Å². The first kappa shape index (κ1) is 15.5. The van der Waals surface area contributed by atoms with Gasteiger partial charge in [0.1, 0.15) is 5.82 Å². The number of anilines is 2. The summed E-state index contributed by atoms with van der Waals surface area (Å²) in [6.45, 7) is 2.31. The van der Waals surface area contributed by atoms with Crippen molar-refractivity contribution < 1.29 is 18.7 Å². The molecule has 0 bridgehead atoms. The summed E-state index contributed by atoms with van der Waals surface area (Å²) in [5, 5.41) is 5.07. The Morgan fingerprint density at radius 3 is 2.65 bits per heavy atom. The van der Waals surface area contributed by atoms with Crippen molar-refractivity contribution in [3.05, 3.63) is 23.5 Å². The van der Waals surface area contributed by atoms with Crippen molar-refractivity contribution >= 4 is 23.4 Å². The van der Waals surface area contributed by atoms with Gasteiger partial charge in [-0.1, -0.05) is 0 Å². The molecule has 1 rings (SSSR count). The van der Waals surface area contributed by atoms with Crippen LogP contribution < -0.4 is 22.1 Å². The Balaban J connectivity index is 2.78. The van der Waals surface area contributed by atoms with Gasteiger partial charge in [0, 0.05) is 18.8 Å². The van der Waals surface area contributed by atoms with E-state index < -0.39 is 17.8 Å². The number of amides is 2. The fraction of sp³-hybridized carbons (Fsp3) is 0.333. The van der Waals surface area contributed by atoms with Crippen molar-refractivity contribution in [3.8, 4) is 0 Å². The SMILES string of the molecule is CCOC(=O)c1cc(NCCNC(N)=O)c(F)cc1N. The standard InChI is InChI=1S/C12H17FN4O3/c1-2-20-11(18)7-5-10(8(13)6-9(7)14)16-3-4-17-12(15)19/h5-6,16H,2-4,14H2,1H3,(H3,15,17,19). The minimum Gasteiger partial charge on any atom is -0.462 e. The summed E-state index contributed by atoms with van der Waals surface area (Å²) in [5.74, 6) is -1.22. The van der Waals surface area contributed by atoms with Crippen molar-refractivity contribution in [2.45, 2.75) is 6.92 Å². The maximum atomic E-state index is 13.7. The molecule has 0 aliphatic heterocycles. The lowest BCUT2D eigenvalue weighted by atomic mass is 10.1. The fourth-order valence-electron chi connectivity index (χ4n) is 1.49. The summed E-state index contributed by atoms with van der Waals surface area (Å²) < 4.78 is 18.5. The molecule has 8 heteroatoms. The van der Waals surface area contributed by atoms with Crippen molar-refractivity contribution in [3.63, 3.8) is 0 Å². The number of rotatable bonds is 6. The molecule has 2 amide bonds. The van der Waals surface area contributed by atoms with Crippen molar-refractivity contribution in [2.75, 3.05) is 30.7 Å². The molecule has 1 aromatic rings. The lowest BCUT2D eigenvalue weighted by Gasteiger charge is -2.11. The highest BCUT2D eigenvalue weighted by atomic mass is 19.1. The van der Waals surface area contributed by atoms with Gasteiger partial charge in [-0.25, -0.2) is 14.0 Å². The molecule has 110 valence electrons. The van der Waals surface area contributed by atoms with E-state index in [1.165, 1.54) is 6.07 Å². The fourth-order valence-corrected chi connectivity index (χ4v) is 1.49. The number of urea groups is 1. The van der Waals surface area contributed by atoms with E-state index in [0.29, 0.717) is 0 Å². The number of nitrogen functional groups attached to an aromatic ring is 1. The number of carbonyl (C=O) groups is 2. The Bertz CT molecular complexity index is 508. The molecule has 6 N–H and O–H groups in total. The van der Waals surface area contributed by atoms with Crippen LogP contribution in [0.2, 0.25) is 0 Å². The van der Waals surface area contributed by atoms with Crippen LogP contribution in [0, 0.1) is 5.82 Å². The monoisotopic (exact) mass is 284 g/mol. The van der Waals surface area contributed by atoms with Gasteiger partial charge in [-0.2, -0.15) is 0 Å². The van der Waals surface area contributed by atoms with Gasteiger partial charge >= 0.3 is 12.0 Å². The molecule has 7 nitrogen and oxygen atoms in total. The van der Waals surface area contributed by atoms with Crippen LogP contribution in [0.4, 0.5) is 20.6 Å². The minimum atomic E-state index is -0.670. The molecule has 0 radical (unpaired) electrons. The number of nitrogens with one attached hydrogen (secondary N) is 2. The number of nitrogens with two attached hydrogens (primary N) is 2. The topological polar surface area (TPSA) is 119 Å². The number of hydrogen-bond acceptors (Lipinski definition) is 5. The molecule has 0 spiro atoms. The van der Waals surface area contributed by atoms with E-state index in [0.717, 1.165) is 6.07 Å². The Kier molecular flexibility index (Phi) is 5.57. The quantitative estimate of drug-likeness (QED) is 0.347. The number of benzene rings is 1. The van der Waals surface area contributed by atoms with Gasteiger partial charge in [-0.05, 0) is 19.1 Å². The zero-order valence-electron chi connectivity index (χ0n) is 11.0. The van der Waals surface area contributed by atoms with E-state index in [1.54, 1.807) is 6.92 Å². The van der Waals surface area contributed by atoms with E-state index in [2.05, 4.69) is 10.6 Å². The highest BCUT2D eigenvalue weighted by molar-refractivity contribution is 5.96. The molecule has 0 aliphatic carbocycles. The van der Waals surface area contributed by atoms with Crippen molar-refractivity contribution in [1.82, 2.24) is 5.32 Å². The zero-order chi connectivity index (χ0) is 15.1. The molecule has 1 aromatic carbocycles. The van der Waals surface area contributed by atoms with Crippen molar-refractivity contribution in [2.24, 2.45) is 5.73 Å². The summed E-state index contributed by atoms with van der Waals surface area (Å²) in [5.41, 5.74) is 10.6. The highest BCUT2D eigenvalue weighted by Crippen LogP contribution is 2.22. The smallest absolute Gasteiger partial charge is 0.340 e. The number of carbonyl (C=O) groups excluding carboxylic acids is 2. The summed E-state index contributed by atoms with van der Waals surface area (Å²) >= 11 is 0. The zero-order valence-corrected chi connectivity index (χ0v) is 11.0. The second kappa shape index (κ2) is 7.17. The van der Waals surface area contributed by atoms with Crippen LogP contribution in [-0.2, 0) is 4.74 Å². The Labute approximate surface area is 115 Å². The van der Waals surface area contributed by atoms with Crippen molar-refractivity contribution in [1.29, 1.82) is 0 Å². The Morgan fingerprint density at radius 1 is 1.35 bits per heavy atom. The van der Waals surface area contributed by atoms with Gasteiger partial charge in [0.05, 0.1) is 17.9 Å².